The first-order chi connectivity index (χ1) is 15.3. The number of benzene rings is 2. The number of nitrogens with zero attached hydrogens (tertiary/aromatic N) is 4. The van der Waals surface area contributed by atoms with Crippen LogP contribution in [0.15, 0.2) is 59.3 Å². The third-order valence-corrected chi connectivity index (χ3v) is 5.90. The van der Waals surface area contributed by atoms with E-state index in [4.69, 9.17) is 9.26 Å². The average molecular weight is 418 g/mol. The van der Waals surface area contributed by atoms with Gasteiger partial charge in [0.15, 0.2) is 5.82 Å². The zero-order valence-electron chi connectivity index (χ0n) is 17.8. The number of rotatable bonds is 7. The van der Waals surface area contributed by atoms with E-state index in [9.17, 15) is 0 Å². The van der Waals surface area contributed by atoms with Crippen molar-refractivity contribution in [3.63, 3.8) is 0 Å². The number of para-hydroxylation sites is 1. The molecule has 2 aromatic carbocycles. The molecule has 0 atom stereocenters. The highest BCUT2D eigenvalue weighted by Gasteiger charge is 2.19. The van der Waals surface area contributed by atoms with Gasteiger partial charge in [-0.05, 0) is 29.3 Å². The molecule has 0 aliphatic carbocycles. The molecule has 4 aromatic rings. The van der Waals surface area contributed by atoms with Crippen LogP contribution in [0, 0.1) is 0 Å². The summed E-state index contributed by atoms with van der Waals surface area (Å²) in [4.78, 5) is 12.8. The van der Waals surface area contributed by atoms with Crippen LogP contribution in [0.1, 0.15) is 22.8 Å². The molecule has 0 bridgehead atoms. The summed E-state index contributed by atoms with van der Waals surface area (Å²) in [6.07, 6.45) is 2.67. The Morgan fingerprint density at radius 1 is 1.00 bits per heavy atom. The first kappa shape index (κ1) is 19.8. The molecule has 1 saturated heterocycles. The minimum absolute atomic E-state index is 0.644. The lowest BCUT2D eigenvalue weighted by Crippen LogP contribution is -2.45. The van der Waals surface area contributed by atoms with Gasteiger partial charge in [-0.25, -0.2) is 0 Å². The molecule has 1 fully saturated rings. The molecule has 5 rings (SSSR count). The lowest BCUT2D eigenvalue weighted by atomic mass is 10.1. The second kappa shape index (κ2) is 8.91. The Labute approximate surface area is 181 Å². The van der Waals surface area contributed by atoms with Gasteiger partial charge in [-0.1, -0.05) is 35.5 Å². The van der Waals surface area contributed by atoms with Crippen LogP contribution in [0.4, 0.5) is 0 Å². The van der Waals surface area contributed by atoms with Crippen LogP contribution in [-0.2, 0) is 19.5 Å². The lowest BCUT2D eigenvalue weighted by molar-refractivity contribution is 0.119. The molecule has 2 aromatic heterocycles. The summed E-state index contributed by atoms with van der Waals surface area (Å²) in [6.45, 7) is 5.72. The summed E-state index contributed by atoms with van der Waals surface area (Å²) < 4.78 is 10.9. The Kier molecular flexibility index (Phi) is 5.69. The fraction of sp³-hybridized carbons (Fsp3) is 0.333. The smallest absolute Gasteiger partial charge is 0.231 e. The van der Waals surface area contributed by atoms with Crippen molar-refractivity contribution in [2.75, 3.05) is 33.3 Å². The minimum atomic E-state index is 0.644. The predicted molar refractivity (Wildman–Crippen MR) is 119 cm³/mol. The Balaban J connectivity index is 1.14. The molecule has 31 heavy (non-hydrogen) atoms. The van der Waals surface area contributed by atoms with Gasteiger partial charge in [0.2, 0.25) is 5.89 Å². The summed E-state index contributed by atoms with van der Waals surface area (Å²) in [6, 6.07) is 16.6. The summed E-state index contributed by atoms with van der Waals surface area (Å²) in [5.74, 6) is 2.34. The molecule has 1 aliphatic heterocycles. The second-order valence-corrected chi connectivity index (χ2v) is 8.04. The zero-order valence-corrected chi connectivity index (χ0v) is 17.8. The standard InChI is InChI=1S/C24H27N5O2/c1-30-20-6-4-5-18(13-20)16-28-9-11-29(12-10-28)17-23-26-24(31-27-23)14-19-15-25-22-8-3-2-7-21(19)22/h2-8,13,15,25H,9-12,14,16-17H2,1H3. The Morgan fingerprint density at radius 2 is 1.81 bits per heavy atom. The van der Waals surface area contributed by atoms with Gasteiger partial charge in [-0.3, -0.25) is 9.80 Å². The second-order valence-electron chi connectivity index (χ2n) is 8.04. The van der Waals surface area contributed by atoms with Gasteiger partial charge in [0, 0.05) is 49.8 Å². The highest BCUT2D eigenvalue weighted by molar-refractivity contribution is 5.83. The number of aromatic nitrogens is 3. The first-order valence-corrected chi connectivity index (χ1v) is 10.7. The monoisotopic (exact) mass is 417 g/mol. The third kappa shape index (κ3) is 4.62. The van der Waals surface area contributed by atoms with Gasteiger partial charge in [-0.2, -0.15) is 4.98 Å². The highest BCUT2D eigenvalue weighted by atomic mass is 16.5. The number of ether oxygens (including phenoxy) is 1. The third-order valence-electron chi connectivity index (χ3n) is 5.90. The van der Waals surface area contributed by atoms with E-state index in [1.54, 1.807) is 7.11 Å². The van der Waals surface area contributed by atoms with Crippen molar-refractivity contribution < 1.29 is 9.26 Å². The van der Waals surface area contributed by atoms with Gasteiger partial charge >= 0.3 is 0 Å². The number of piperazine rings is 1. The van der Waals surface area contributed by atoms with Crippen LogP contribution in [-0.4, -0.2) is 58.2 Å². The molecule has 0 saturated carbocycles. The van der Waals surface area contributed by atoms with Gasteiger partial charge < -0.3 is 14.2 Å². The predicted octanol–water partition coefficient (Wildman–Crippen LogP) is 3.47. The van der Waals surface area contributed by atoms with Crippen molar-refractivity contribution in [1.82, 2.24) is 24.9 Å². The number of methoxy groups -OCH3 is 1. The average Bonchev–Trinajstić information content (AvgIpc) is 3.42. The SMILES string of the molecule is COc1cccc(CN2CCN(Cc3noc(Cc4c[nH]c5ccccc45)n3)CC2)c1. The van der Waals surface area contributed by atoms with Crippen LogP contribution >= 0.6 is 0 Å². The molecule has 0 unspecified atom stereocenters. The topological polar surface area (TPSA) is 70.4 Å². The highest BCUT2D eigenvalue weighted by Crippen LogP contribution is 2.20. The van der Waals surface area contributed by atoms with E-state index in [2.05, 4.69) is 55.3 Å². The van der Waals surface area contributed by atoms with E-state index in [0.29, 0.717) is 12.3 Å². The number of H-pyrrole nitrogens is 1. The van der Waals surface area contributed by atoms with E-state index in [1.807, 2.05) is 24.4 Å². The molecule has 7 heteroatoms. The van der Waals surface area contributed by atoms with Crippen molar-refractivity contribution in [2.45, 2.75) is 19.5 Å². The number of hydrogen-bond donors (Lipinski definition) is 1. The first-order valence-electron chi connectivity index (χ1n) is 10.7. The van der Waals surface area contributed by atoms with Crippen molar-refractivity contribution in [1.29, 1.82) is 0 Å². The largest absolute Gasteiger partial charge is 0.497 e. The molecular formula is C24H27N5O2. The van der Waals surface area contributed by atoms with E-state index in [-0.39, 0.29) is 0 Å². The summed E-state index contributed by atoms with van der Waals surface area (Å²) in [5.41, 5.74) is 3.59. The quantitative estimate of drug-likeness (QED) is 0.497. The van der Waals surface area contributed by atoms with Crippen molar-refractivity contribution >= 4 is 10.9 Å². The maximum absolute atomic E-state index is 5.53. The summed E-state index contributed by atoms with van der Waals surface area (Å²) in [5, 5.41) is 5.41. The van der Waals surface area contributed by atoms with Crippen molar-refractivity contribution in [3.8, 4) is 5.75 Å². The van der Waals surface area contributed by atoms with Gasteiger partial charge in [0.25, 0.3) is 0 Å². The fourth-order valence-electron chi connectivity index (χ4n) is 4.20. The fourth-order valence-corrected chi connectivity index (χ4v) is 4.20. The van der Waals surface area contributed by atoms with E-state index >= 15 is 0 Å². The van der Waals surface area contributed by atoms with Gasteiger partial charge in [-0.15, -0.1) is 0 Å². The Bertz CT molecular complexity index is 1140. The normalized spacial score (nSPS) is 15.5. The van der Waals surface area contributed by atoms with Crippen LogP contribution in [0.3, 0.4) is 0 Å². The van der Waals surface area contributed by atoms with Crippen LogP contribution in [0.25, 0.3) is 10.9 Å². The molecular weight excluding hydrogens is 390 g/mol. The molecule has 1 N–H and O–H groups in total. The van der Waals surface area contributed by atoms with Gasteiger partial charge in [0.1, 0.15) is 5.75 Å². The van der Waals surface area contributed by atoms with E-state index < -0.39 is 0 Å². The van der Waals surface area contributed by atoms with Crippen molar-refractivity contribution in [3.05, 3.63) is 77.6 Å². The number of hydrogen-bond acceptors (Lipinski definition) is 6. The summed E-state index contributed by atoms with van der Waals surface area (Å²) >= 11 is 0. The molecule has 160 valence electrons. The number of nitrogens with one attached hydrogen (secondary N) is 1. The van der Waals surface area contributed by atoms with Gasteiger partial charge in [0.05, 0.1) is 20.1 Å². The number of aromatic amines is 1. The molecule has 0 radical (unpaired) electrons. The molecule has 3 heterocycles. The zero-order chi connectivity index (χ0) is 21.0. The van der Waals surface area contributed by atoms with Crippen LogP contribution < -0.4 is 4.74 Å². The Hall–Kier alpha value is -3.16. The number of fused-ring (bicyclic) bond motifs is 1. The van der Waals surface area contributed by atoms with E-state index in [0.717, 1.165) is 56.4 Å². The lowest BCUT2D eigenvalue weighted by Gasteiger charge is -2.34. The van der Waals surface area contributed by atoms with Crippen LogP contribution in [0.5, 0.6) is 5.75 Å². The summed E-state index contributed by atoms with van der Waals surface area (Å²) in [7, 11) is 1.71. The Morgan fingerprint density at radius 3 is 2.65 bits per heavy atom. The molecule has 1 aliphatic rings. The molecule has 0 amide bonds. The maximum atomic E-state index is 5.53. The molecule has 7 nitrogen and oxygen atoms in total. The van der Waals surface area contributed by atoms with E-state index in [1.165, 1.54) is 16.5 Å². The minimum Gasteiger partial charge on any atom is -0.497 e. The maximum Gasteiger partial charge on any atom is 0.231 e. The molecule has 0 spiro atoms. The van der Waals surface area contributed by atoms with Crippen LogP contribution in [0.2, 0.25) is 0 Å². The van der Waals surface area contributed by atoms with Crippen molar-refractivity contribution in [2.24, 2.45) is 0 Å².